The van der Waals surface area contributed by atoms with Crippen LogP contribution in [0.25, 0.3) is 0 Å². The van der Waals surface area contributed by atoms with Crippen LogP contribution in [0.5, 0.6) is 5.75 Å². The van der Waals surface area contributed by atoms with Crippen molar-refractivity contribution in [2.75, 3.05) is 0 Å². The number of aromatic nitrogens is 5. The van der Waals surface area contributed by atoms with Crippen LogP contribution in [0, 0.1) is 0 Å². The number of nitrogens with zero attached hydrogens (tertiary/aromatic N) is 5. The Hall–Kier alpha value is -2.13. The van der Waals surface area contributed by atoms with Crippen LogP contribution in [-0.4, -0.2) is 32.2 Å². The summed E-state index contributed by atoms with van der Waals surface area (Å²) in [4.78, 5) is 4.71. The van der Waals surface area contributed by atoms with Crippen LogP contribution in [0.2, 0.25) is 0 Å². The molecule has 2 rings (SSSR count). The van der Waals surface area contributed by atoms with E-state index in [2.05, 4.69) is 20.4 Å². The van der Waals surface area contributed by atoms with E-state index in [-0.39, 0.29) is 18.2 Å². The van der Waals surface area contributed by atoms with Crippen molar-refractivity contribution >= 4 is 12.4 Å². The van der Waals surface area contributed by atoms with E-state index in [4.69, 9.17) is 4.74 Å². The van der Waals surface area contributed by atoms with Crippen LogP contribution in [0.1, 0.15) is 5.82 Å². The highest BCUT2D eigenvalue weighted by atomic mass is 19.4. The summed E-state index contributed by atoms with van der Waals surface area (Å²) in [5, 5.41) is 11.0. The standard InChI is InChI=1S/C8H8BF3N5O/c1-17-15-8(14-16-17)5-18-7-2-6(3-13-4-7)9(10,11)12/h2-4H,5H2,1H3/q-1. The molecule has 96 valence electrons. The molecule has 2 aromatic rings. The molecule has 0 spiro atoms. The van der Waals surface area contributed by atoms with Gasteiger partial charge in [0.05, 0.1) is 13.2 Å². The Kier molecular flexibility index (Phi) is 3.17. The minimum absolute atomic E-state index is 0.0131. The quantitative estimate of drug-likeness (QED) is 0.735. The predicted octanol–water partition coefficient (Wildman–Crippen LogP) is 0.238. The highest BCUT2D eigenvalue weighted by Crippen LogP contribution is 2.13. The van der Waals surface area contributed by atoms with Gasteiger partial charge in [0.2, 0.25) is 5.82 Å². The van der Waals surface area contributed by atoms with Crippen molar-refractivity contribution in [3.05, 3.63) is 24.3 Å². The number of rotatable bonds is 4. The van der Waals surface area contributed by atoms with E-state index in [0.717, 1.165) is 12.3 Å². The van der Waals surface area contributed by atoms with E-state index in [1.165, 1.54) is 11.0 Å². The van der Waals surface area contributed by atoms with Crippen LogP contribution in [-0.2, 0) is 13.7 Å². The lowest BCUT2D eigenvalue weighted by Crippen LogP contribution is -2.34. The van der Waals surface area contributed by atoms with Crippen molar-refractivity contribution in [3.8, 4) is 5.75 Å². The fourth-order valence-electron chi connectivity index (χ4n) is 1.22. The smallest absolute Gasteiger partial charge is 0.484 e. The first-order valence-electron chi connectivity index (χ1n) is 4.96. The van der Waals surface area contributed by atoms with Crippen LogP contribution >= 0.6 is 0 Å². The van der Waals surface area contributed by atoms with Gasteiger partial charge in [-0.25, -0.2) is 0 Å². The van der Waals surface area contributed by atoms with Crippen LogP contribution in [0.15, 0.2) is 18.5 Å². The lowest BCUT2D eigenvalue weighted by molar-refractivity contribution is 0.294. The molecule has 0 unspecified atom stereocenters. The third-order valence-corrected chi connectivity index (χ3v) is 2.03. The van der Waals surface area contributed by atoms with Gasteiger partial charge in [-0.15, -0.1) is 10.2 Å². The maximum absolute atomic E-state index is 12.5. The summed E-state index contributed by atoms with van der Waals surface area (Å²) >= 11 is 0. The average Bonchev–Trinajstić information content (AvgIpc) is 2.72. The largest absolute Gasteiger partial charge is 0.511 e. The maximum Gasteiger partial charge on any atom is 0.511 e. The van der Waals surface area contributed by atoms with Crippen molar-refractivity contribution in [1.29, 1.82) is 0 Å². The van der Waals surface area contributed by atoms with Crippen molar-refractivity contribution in [2.45, 2.75) is 6.61 Å². The third kappa shape index (κ3) is 2.96. The van der Waals surface area contributed by atoms with Gasteiger partial charge < -0.3 is 17.7 Å². The van der Waals surface area contributed by atoms with Gasteiger partial charge in [0, 0.05) is 6.20 Å². The molecule has 0 fully saturated rings. The van der Waals surface area contributed by atoms with Gasteiger partial charge in [0.15, 0.2) is 6.61 Å². The SMILES string of the molecule is Cn1nnc(COc2cncc([B-](F)(F)F)c2)n1. The lowest BCUT2D eigenvalue weighted by Gasteiger charge is -2.14. The minimum Gasteiger partial charge on any atom is -0.484 e. The summed E-state index contributed by atoms with van der Waals surface area (Å²) in [5.41, 5.74) is -0.806. The number of pyridine rings is 1. The summed E-state index contributed by atoms with van der Waals surface area (Å²) in [6.45, 7) is -5.15. The van der Waals surface area contributed by atoms with Gasteiger partial charge in [-0.2, -0.15) is 4.80 Å². The number of halogens is 3. The molecule has 10 heteroatoms. The molecule has 0 saturated heterocycles. The van der Waals surface area contributed by atoms with E-state index in [9.17, 15) is 12.9 Å². The Bertz CT molecular complexity index is 544. The molecule has 0 radical (unpaired) electrons. The van der Waals surface area contributed by atoms with Gasteiger partial charge in [0.25, 0.3) is 0 Å². The molecule has 0 atom stereocenters. The number of hydrogen-bond acceptors (Lipinski definition) is 5. The van der Waals surface area contributed by atoms with Crippen LogP contribution in [0.3, 0.4) is 0 Å². The second-order valence-corrected chi connectivity index (χ2v) is 3.51. The fraction of sp³-hybridized carbons (Fsp3) is 0.250. The molecule has 0 aliphatic carbocycles. The lowest BCUT2D eigenvalue weighted by atomic mass is 9.81. The zero-order chi connectivity index (χ0) is 13.2. The molecule has 0 N–H and O–H groups in total. The second-order valence-electron chi connectivity index (χ2n) is 3.51. The zero-order valence-corrected chi connectivity index (χ0v) is 9.29. The van der Waals surface area contributed by atoms with E-state index >= 15 is 0 Å². The van der Waals surface area contributed by atoms with Crippen LogP contribution in [0.4, 0.5) is 12.9 Å². The number of hydrogen-bond donors (Lipinski definition) is 0. The molecule has 0 aliphatic heterocycles. The normalized spacial score (nSPS) is 11.6. The first-order chi connectivity index (χ1) is 8.45. The molecule has 0 aromatic carbocycles. The fourth-order valence-corrected chi connectivity index (χ4v) is 1.22. The molecular formula is C8H8BF3N5O-. The van der Waals surface area contributed by atoms with E-state index in [0.29, 0.717) is 0 Å². The van der Waals surface area contributed by atoms with E-state index < -0.39 is 12.4 Å². The number of aryl methyl sites for hydroxylation is 1. The van der Waals surface area contributed by atoms with Gasteiger partial charge in [-0.1, -0.05) is 5.46 Å². The van der Waals surface area contributed by atoms with Crippen LogP contribution < -0.4 is 10.2 Å². The topological polar surface area (TPSA) is 65.7 Å². The van der Waals surface area contributed by atoms with Gasteiger partial charge in [0.1, 0.15) is 5.75 Å². The second kappa shape index (κ2) is 4.63. The molecular weight excluding hydrogens is 250 g/mol. The molecule has 0 amide bonds. The minimum atomic E-state index is -5.08. The summed E-state index contributed by atoms with van der Waals surface area (Å²) in [6, 6.07) is 0.892. The molecule has 0 aliphatic rings. The Morgan fingerprint density at radius 2 is 2.11 bits per heavy atom. The Labute approximate surface area is 99.8 Å². The van der Waals surface area contributed by atoms with Crippen molar-refractivity contribution in [2.24, 2.45) is 7.05 Å². The number of ether oxygens (including phenoxy) is 1. The predicted molar refractivity (Wildman–Crippen MR) is 56.1 cm³/mol. The van der Waals surface area contributed by atoms with Crippen molar-refractivity contribution in [1.82, 2.24) is 25.2 Å². The van der Waals surface area contributed by atoms with Crippen molar-refractivity contribution < 1.29 is 17.7 Å². The summed E-state index contributed by atoms with van der Waals surface area (Å²) in [7, 11) is 1.57. The van der Waals surface area contributed by atoms with Crippen molar-refractivity contribution in [3.63, 3.8) is 0 Å². The van der Waals surface area contributed by atoms with E-state index in [1.807, 2.05) is 0 Å². The molecule has 2 aromatic heterocycles. The van der Waals surface area contributed by atoms with Gasteiger partial charge in [-0.3, -0.25) is 4.98 Å². The van der Waals surface area contributed by atoms with Gasteiger partial charge in [-0.05, 0) is 11.3 Å². The maximum atomic E-state index is 12.5. The molecule has 0 bridgehead atoms. The first kappa shape index (κ1) is 12.3. The summed E-state index contributed by atoms with van der Waals surface area (Å²) in [5.74, 6) is 0.291. The monoisotopic (exact) mass is 258 g/mol. The molecule has 18 heavy (non-hydrogen) atoms. The number of tetrazole rings is 1. The summed E-state index contributed by atoms with van der Waals surface area (Å²) in [6.07, 6.45) is 1.95. The molecule has 6 nitrogen and oxygen atoms in total. The van der Waals surface area contributed by atoms with Gasteiger partial charge >= 0.3 is 6.98 Å². The highest BCUT2D eigenvalue weighted by Gasteiger charge is 2.26. The Morgan fingerprint density at radius 1 is 1.33 bits per heavy atom. The third-order valence-electron chi connectivity index (χ3n) is 2.03. The zero-order valence-electron chi connectivity index (χ0n) is 9.29. The Morgan fingerprint density at radius 3 is 2.72 bits per heavy atom. The summed E-state index contributed by atoms with van der Waals surface area (Å²) < 4.78 is 42.5. The first-order valence-corrected chi connectivity index (χ1v) is 4.96. The Balaban J connectivity index is 2.06. The highest BCUT2D eigenvalue weighted by molar-refractivity contribution is 6.73. The van der Waals surface area contributed by atoms with E-state index in [1.54, 1.807) is 7.05 Å². The average molecular weight is 258 g/mol. The molecule has 0 saturated carbocycles. The molecule has 2 heterocycles.